The molecule has 0 spiro atoms. The van der Waals surface area contributed by atoms with E-state index < -0.39 is 5.95 Å². The van der Waals surface area contributed by atoms with E-state index in [1.807, 2.05) is 18.2 Å². The molecule has 0 unspecified atom stereocenters. The van der Waals surface area contributed by atoms with Crippen LogP contribution in [0.15, 0.2) is 41.0 Å². The molecule has 0 aliphatic carbocycles. The molecule has 5 nitrogen and oxygen atoms in total. The van der Waals surface area contributed by atoms with Gasteiger partial charge in [0, 0.05) is 12.2 Å². The van der Waals surface area contributed by atoms with Gasteiger partial charge in [-0.2, -0.15) is 4.39 Å². The van der Waals surface area contributed by atoms with Gasteiger partial charge in [-0.05, 0) is 44.0 Å². The van der Waals surface area contributed by atoms with E-state index in [0.717, 1.165) is 31.4 Å². The van der Waals surface area contributed by atoms with Gasteiger partial charge in [-0.1, -0.05) is 18.9 Å². The van der Waals surface area contributed by atoms with Gasteiger partial charge in [-0.3, -0.25) is 9.20 Å². The van der Waals surface area contributed by atoms with Gasteiger partial charge in [-0.15, -0.1) is 0 Å². The maximum atomic E-state index is 14.9. The lowest BCUT2D eigenvalue weighted by atomic mass is 10.1. The molecule has 1 saturated heterocycles. The summed E-state index contributed by atoms with van der Waals surface area (Å²) in [6.45, 7) is 2.38. The molecule has 0 saturated carbocycles. The third-order valence-corrected chi connectivity index (χ3v) is 4.87. The Balaban J connectivity index is 1.75. The van der Waals surface area contributed by atoms with E-state index in [-0.39, 0.29) is 17.6 Å². The highest BCUT2D eigenvalue weighted by atomic mass is 19.1. The normalized spacial score (nSPS) is 18.5. The Morgan fingerprint density at radius 3 is 2.88 bits per heavy atom. The summed E-state index contributed by atoms with van der Waals surface area (Å²) in [5, 5.41) is 0. The molecule has 25 heavy (non-hydrogen) atoms. The Kier molecular flexibility index (Phi) is 4.03. The molecule has 3 aromatic rings. The number of amides is 1. The first-order valence-corrected chi connectivity index (χ1v) is 8.65. The van der Waals surface area contributed by atoms with Gasteiger partial charge in [0.15, 0.2) is 5.69 Å². The van der Waals surface area contributed by atoms with Crippen molar-refractivity contribution < 1.29 is 13.6 Å². The van der Waals surface area contributed by atoms with E-state index in [2.05, 4.69) is 4.98 Å². The molecule has 1 aliphatic heterocycles. The average molecular weight is 341 g/mol. The molecule has 1 aliphatic rings. The van der Waals surface area contributed by atoms with Crippen LogP contribution in [-0.4, -0.2) is 26.7 Å². The highest BCUT2D eigenvalue weighted by Crippen LogP contribution is 2.32. The van der Waals surface area contributed by atoms with Gasteiger partial charge in [0.1, 0.15) is 11.4 Å². The Morgan fingerprint density at radius 1 is 1.24 bits per heavy atom. The van der Waals surface area contributed by atoms with Gasteiger partial charge in [0.25, 0.3) is 5.91 Å². The highest BCUT2D eigenvalue weighted by molar-refractivity contribution is 5.93. The van der Waals surface area contributed by atoms with Crippen LogP contribution >= 0.6 is 0 Å². The number of furan rings is 1. The number of pyridine rings is 1. The van der Waals surface area contributed by atoms with Crippen molar-refractivity contribution in [1.29, 1.82) is 0 Å². The average Bonchev–Trinajstić information content (AvgIpc) is 3.17. The smallest absolute Gasteiger partial charge is 0.277 e. The van der Waals surface area contributed by atoms with E-state index in [1.165, 1.54) is 4.40 Å². The maximum absolute atomic E-state index is 14.9. The number of likely N-dealkylation sites (tertiary alicyclic amines) is 1. The Labute approximate surface area is 145 Å². The fourth-order valence-electron chi connectivity index (χ4n) is 3.61. The fourth-order valence-corrected chi connectivity index (χ4v) is 3.61. The van der Waals surface area contributed by atoms with Crippen molar-refractivity contribution in [1.82, 2.24) is 14.3 Å². The predicted octanol–water partition coefficient (Wildman–Crippen LogP) is 4.13. The van der Waals surface area contributed by atoms with Crippen molar-refractivity contribution in [2.24, 2.45) is 0 Å². The first-order valence-electron chi connectivity index (χ1n) is 8.65. The summed E-state index contributed by atoms with van der Waals surface area (Å²) in [6.07, 6.45) is 5.39. The zero-order valence-corrected chi connectivity index (χ0v) is 14.1. The quantitative estimate of drug-likeness (QED) is 0.704. The van der Waals surface area contributed by atoms with Crippen LogP contribution in [0, 0.1) is 12.9 Å². The minimum absolute atomic E-state index is 0.118. The number of aromatic nitrogens is 2. The molecule has 0 radical (unpaired) electrons. The highest BCUT2D eigenvalue weighted by Gasteiger charge is 2.32. The van der Waals surface area contributed by atoms with Crippen molar-refractivity contribution in [3.05, 3.63) is 59.7 Å². The summed E-state index contributed by atoms with van der Waals surface area (Å²) in [4.78, 5) is 19.1. The number of fused-ring (bicyclic) bond motifs is 1. The lowest BCUT2D eigenvalue weighted by molar-refractivity contribution is 0.0647. The molecule has 130 valence electrons. The van der Waals surface area contributed by atoms with E-state index in [9.17, 15) is 9.18 Å². The molecule has 1 amide bonds. The van der Waals surface area contributed by atoms with Gasteiger partial charge in [0.05, 0.1) is 12.3 Å². The fraction of sp³-hybridized carbons (Fsp3) is 0.368. The Bertz CT molecular complexity index is 901. The van der Waals surface area contributed by atoms with Crippen LogP contribution in [0.2, 0.25) is 0 Å². The summed E-state index contributed by atoms with van der Waals surface area (Å²) in [5.74, 6) is -0.222. The number of nitrogens with zero attached hydrogens (tertiary/aromatic N) is 3. The SMILES string of the molecule is Cc1cccc2nc(C(=O)N3CCCCC[C@@H]3c3ccco3)c(F)n12. The molecule has 1 fully saturated rings. The summed E-state index contributed by atoms with van der Waals surface area (Å²) in [7, 11) is 0. The molecule has 0 aromatic carbocycles. The van der Waals surface area contributed by atoms with Crippen molar-refractivity contribution in [3.63, 3.8) is 0 Å². The van der Waals surface area contributed by atoms with Crippen LogP contribution in [0.1, 0.15) is 53.7 Å². The lowest BCUT2D eigenvalue weighted by Gasteiger charge is -2.28. The number of carbonyl (C=O) groups is 1. The van der Waals surface area contributed by atoms with E-state index >= 15 is 0 Å². The molecule has 3 aromatic heterocycles. The molecule has 4 rings (SSSR count). The van der Waals surface area contributed by atoms with Gasteiger partial charge in [-0.25, -0.2) is 4.98 Å². The molecule has 0 N–H and O–H groups in total. The standard InChI is InChI=1S/C19H20FN3O2/c1-13-7-5-10-16-21-17(18(20)23(13)16)19(24)22-11-4-2-3-8-14(22)15-9-6-12-25-15/h5-7,9-10,12,14H,2-4,8,11H2,1H3/t14-/m1/s1. The summed E-state index contributed by atoms with van der Waals surface area (Å²) >= 11 is 0. The van der Waals surface area contributed by atoms with Crippen LogP contribution in [0.4, 0.5) is 4.39 Å². The number of halogens is 1. The minimum atomic E-state index is -0.597. The van der Waals surface area contributed by atoms with Crippen LogP contribution in [0.3, 0.4) is 0 Å². The van der Waals surface area contributed by atoms with Gasteiger partial charge < -0.3 is 9.32 Å². The number of hydrogen-bond donors (Lipinski definition) is 0. The van der Waals surface area contributed by atoms with Crippen molar-refractivity contribution in [2.45, 2.75) is 38.6 Å². The Hall–Kier alpha value is -2.63. The van der Waals surface area contributed by atoms with Crippen molar-refractivity contribution >= 4 is 11.6 Å². The number of imidazole rings is 1. The van der Waals surface area contributed by atoms with E-state index in [0.29, 0.717) is 17.9 Å². The molecule has 4 heterocycles. The molecular weight excluding hydrogens is 321 g/mol. The number of aryl methyl sites for hydroxylation is 1. The van der Waals surface area contributed by atoms with Crippen LogP contribution in [0.25, 0.3) is 5.65 Å². The van der Waals surface area contributed by atoms with Crippen LogP contribution in [0.5, 0.6) is 0 Å². The topological polar surface area (TPSA) is 50.8 Å². The number of hydrogen-bond acceptors (Lipinski definition) is 3. The van der Waals surface area contributed by atoms with Gasteiger partial charge in [0.2, 0.25) is 5.95 Å². The summed E-state index contributed by atoms with van der Waals surface area (Å²) in [5.41, 5.74) is 1.04. The zero-order chi connectivity index (χ0) is 17.4. The zero-order valence-electron chi connectivity index (χ0n) is 14.1. The van der Waals surface area contributed by atoms with Crippen LogP contribution < -0.4 is 0 Å². The van der Waals surface area contributed by atoms with Crippen LogP contribution in [-0.2, 0) is 0 Å². The molecule has 1 atom stereocenters. The van der Waals surface area contributed by atoms with Gasteiger partial charge >= 0.3 is 0 Å². The predicted molar refractivity (Wildman–Crippen MR) is 90.8 cm³/mol. The largest absolute Gasteiger partial charge is 0.467 e. The van der Waals surface area contributed by atoms with Crippen molar-refractivity contribution in [3.8, 4) is 0 Å². The number of rotatable bonds is 2. The summed E-state index contributed by atoms with van der Waals surface area (Å²) in [6, 6.07) is 8.83. The lowest BCUT2D eigenvalue weighted by Crippen LogP contribution is -2.35. The first-order chi connectivity index (χ1) is 12.2. The van der Waals surface area contributed by atoms with E-state index in [1.54, 1.807) is 30.2 Å². The Morgan fingerprint density at radius 2 is 2.12 bits per heavy atom. The third-order valence-electron chi connectivity index (χ3n) is 4.87. The monoisotopic (exact) mass is 341 g/mol. The van der Waals surface area contributed by atoms with Crippen molar-refractivity contribution in [2.75, 3.05) is 6.54 Å². The molecule has 6 heteroatoms. The van der Waals surface area contributed by atoms with E-state index in [4.69, 9.17) is 4.42 Å². The minimum Gasteiger partial charge on any atom is -0.467 e. The third kappa shape index (κ3) is 2.71. The summed E-state index contributed by atoms with van der Waals surface area (Å²) < 4.78 is 21.8. The maximum Gasteiger partial charge on any atom is 0.277 e. The second-order valence-corrected chi connectivity index (χ2v) is 6.49. The molecule has 0 bridgehead atoms. The molecular formula is C19H20FN3O2. The second-order valence-electron chi connectivity index (χ2n) is 6.49. The first kappa shape index (κ1) is 15.9. The second kappa shape index (κ2) is 6.35. The number of carbonyl (C=O) groups excluding carboxylic acids is 1.